The molecule has 2 aromatic rings. The summed E-state index contributed by atoms with van der Waals surface area (Å²) in [5.41, 5.74) is 2.35. The van der Waals surface area contributed by atoms with Crippen molar-refractivity contribution in [3.8, 4) is 5.75 Å². The van der Waals surface area contributed by atoms with E-state index in [9.17, 15) is 0 Å². The highest BCUT2D eigenvalue weighted by molar-refractivity contribution is 9.11. The fourth-order valence-electron chi connectivity index (χ4n) is 2.32. The molecular formula is C17H19Br2NO. The van der Waals surface area contributed by atoms with Crippen LogP contribution < -0.4 is 10.1 Å². The van der Waals surface area contributed by atoms with Crippen molar-refractivity contribution in [3.63, 3.8) is 0 Å². The van der Waals surface area contributed by atoms with E-state index >= 15 is 0 Å². The third kappa shape index (κ3) is 4.09. The second-order valence-electron chi connectivity index (χ2n) is 4.79. The molecule has 0 saturated heterocycles. The predicted molar refractivity (Wildman–Crippen MR) is 95.0 cm³/mol. The number of methoxy groups -OCH3 is 1. The highest BCUT2D eigenvalue weighted by Crippen LogP contribution is 2.34. The Kier molecular flexibility index (Phi) is 6.27. The lowest BCUT2D eigenvalue weighted by Crippen LogP contribution is -2.24. The van der Waals surface area contributed by atoms with Gasteiger partial charge in [-0.15, -0.1) is 0 Å². The summed E-state index contributed by atoms with van der Waals surface area (Å²) in [6, 6.07) is 14.5. The lowest BCUT2D eigenvalue weighted by atomic mass is 9.97. The molecule has 1 N–H and O–H groups in total. The molecule has 0 aliphatic heterocycles. The Balaban J connectivity index is 2.47. The normalized spacial score (nSPS) is 12.2. The van der Waals surface area contributed by atoms with Crippen LogP contribution in [0.5, 0.6) is 5.75 Å². The van der Waals surface area contributed by atoms with E-state index in [4.69, 9.17) is 4.74 Å². The van der Waals surface area contributed by atoms with E-state index < -0.39 is 0 Å². The third-order valence-electron chi connectivity index (χ3n) is 3.32. The summed E-state index contributed by atoms with van der Waals surface area (Å²) in [5, 5.41) is 3.61. The smallest absolute Gasteiger partial charge is 0.123 e. The van der Waals surface area contributed by atoms with Gasteiger partial charge < -0.3 is 10.1 Å². The van der Waals surface area contributed by atoms with Gasteiger partial charge in [-0.2, -0.15) is 0 Å². The van der Waals surface area contributed by atoms with Crippen molar-refractivity contribution in [2.24, 2.45) is 0 Å². The van der Waals surface area contributed by atoms with Crippen molar-refractivity contribution in [2.75, 3.05) is 13.7 Å². The fraction of sp³-hybridized carbons (Fsp3) is 0.294. The van der Waals surface area contributed by atoms with Crippen LogP contribution >= 0.6 is 31.9 Å². The molecule has 0 spiro atoms. The minimum absolute atomic E-state index is 0.101. The average Bonchev–Trinajstić information content (AvgIpc) is 2.49. The van der Waals surface area contributed by atoms with Crippen LogP contribution in [0.15, 0.2) is 51.4 Å². The molecule has 1 atom stereocenters. The minimum atomic E-state index is 0.101. The number of nitrogens with one attached hydrogen (secondary N) is 1. The number of hydrogen-bond acceptors (Lipinski definition) is 2. The van der Waals surface area contributed by atoms with Crippen LogP contribution in [0.2, 0.25) is 0 Å². The minimum Gasteiger partial charge on any atom is -0.496 e. The quantitative estimate of drug-likeness (QED) is 0.694. The molecule has 0 amide bonds. The Morgan fingerprint density at radius 1 is 1.10 bits per heavy atom. The topological polar surface area (TPSA) is 21.3 Å². The molecule has 0 radical (unpaired) electrons. The van der Waals surface area contributed by atoms with Crippen molar-refractivity contribution in [3.05, 3.63) is 62.5 Å². The summed E-state index contributed by atoms with van der Waals surface area (Å²) in [5.74, 6) is 0.904. The number of para-hydroxylation sites is 1. The molecule has 21 heavy (non-hydrogen) atoms. The van der Waals surface area contributed by atoms with E-state index in [-0.39, 0.29) is 6.04 Å². The van der Waals surface area contributed by atoms with E-state index in [1.807, 2.05) is 18.2 Å². The second-order valence-corrected chi connectivity index (χ2v) is 6.56. The van der Waals surface area contributed by atoms with Gasteiger partial charge in [-0.1, -0.05) is 63.0 Å². The monoisotopic (exact) mass is 411 g/mol. The molecule has 0 aliphatic rings. The Hall–Kier alpha value is -0.840. The molecule has 0 fully saturated rings. The van der Waals surface area contributed by atoms with Crippen molar-refractivity contribution < 1.29 is 4.74 Å². The Labute approximate surface area is 143 Å². The maximum absolute atomic E-state index is 5.53. The van der Waals surface area contributed by atoms with Crippen LogP contribution in [0.25, 0.3) is 0 Å². The van der Waals surface area contributed by atoms with Crippen LogP contribution in [-0.4, -0.2) is 13.7 Å². The summed E-state index contributed by atoms with van der Waals surface area (Å²) in [7, 11) is 1.71. The van der Waals surface area contributed by atoms with E-state index in [0.29, 0.717) is 0 Å². The number of hydrogen-bond donors (Lipinski definition) is 1. The average molecular weight is 413 g/mol. The van der Waals surface area contributed by atoms with Gasteiger partial charge in [-0.3, -0.25) is 0 Å². The highest BCUT2D eigenvalue weighted by Gasteiger charge is 2.19. The molecule has 0 aromatic heterocycles. The maximum atomic E-state index is 5.53. The zero-order chi connectivity index (χ0) is 15.2. The van der Waals surface area contributed by atoms with Crippen molar-refractivity contribution in [1.29, 1.82) is 0 Å². The van der Waals surface area contributed by atoms with Gasteiger partial charge in [0.15, 0.2) is 0 Å². The van der Waals surface area contributed by atoms with Gasteiger partial charge in [0.05, 0.1) is 13.2 Å². The van der Waals surface area contributed by atoms with Gasteiger partial charge in [-0.25, -0.2) is 0 Å². The number of rotatable bonds is 6. The molecular weight excluding hydrogens is 394 g/mol. The summed E-state index contributed by atoms with van der Waals surface area (Å²) in [6.45, 7) is 3.12. The predicted octanol–water partition coefficient (Wildman–Crippen LogP) is 5.31. The zero-order valence-corrected chi connectivity index (χ0v) is 15.4. The zero-order valence-electron chi connectivity index (χ0n) is 12.2. The number of ether oxygens (including phenoxy) is 1. The maximum Gasteiger partial charge on any atom is 0.123 e. The van der Waals surface area contributed by atoms with Crippen LogP contribution in [0.1, 0.15) is 30.5 Å². The SMILES string of the molecule is CCCNC(c1ccc(Br)cc1Br)c1ccccc1OC. The molecule has 2 aromatic carbocycles. The first-order valence-electron chi connectivity index (χ1n) is 6.98. The molecule has 112 valence electrons. The first-order valence-corrected chi connectivity index (χ1v) is 8.57. The van der Waals surface area contributed by atoms with Crippen molar-refractivity contribution in [2.45, 2.75) is 19.4 Å². The van der Waals surface area contributed by atoms with Gasteiger partial charge >= 0.3 is 0 Å². The lowest BCUT2D eigenvalue weighted by molar-refractivity contribution is 0.403. The van der Waals surface area contributed by atoms with Crippen molar-refractivity contribution >= 4 is 31.9 Å². The van der Waals surface area contributed by atoms with Crippen LogP contribution in [-0.2, 0) is 0 Å². The third-order valence-corrected chi connectivity index (χ3v) is 4.50. The Morgan fingerprint density at radius 3 is 2.52 bits per heavy atom. The van der Waals surface area contributed by atoms with Crippen LogP contribution in [0.3, 0.4) is 0 Å². The van der Waals surface area contributed by atoms with Gasteiger partial charge in [0.2, 0.25) is 0 Å². The molecule has 1 unspecified atom stereocenters. The molecule has 0 saturated carbocycles. The summed E-state index contributed by atoms with van der Waals surface area (Å²) in [4.78, 5) is 0. The van der Waals surface area contributed by atoms with Gasteiger partial charge in [0.1, 0.15) is 5.75 Å². The highest BCUT2D eigenvalue weighted by atomic mass is 79.9. The van der Waals surface area contributed by atoms with E-state index in [2.05, 4.69) is 68.4 Å². The molecule has 4 heteroatoms. The summed E-state index contributed by atoms with van der Waals surface area (Å²) in [6.07, 6.45) is 1.08. The summed E-state index contributed by atoms with van der Waals surface area (Å²) >= 11 is 7.18. The van der Waals surface area contributed by atoms with E-state index in [1.165, 1.54) is 5.56 Å². The summed E-state index contributed by atoms with van der Waals surface area (Å²) < 4.78 is 7.67. The van der Waals surface area contributed by atoms with Gasteiger partial charge in [0, 0.05) is 14.5 Å². The number of halogens is 2. The fourth-order valence-corrected chi connectivity index (χ4v) is 3.59. The first kappa shape index (κ1) is 16.5. The van der Waals surface area contributed by atoms with E-state index in [0.717, 1.165) is 33.2 Å². The van der Waals surface area contributed by atoms with Gasteiger partial charge in [0.25, 0.3) is 0 Å². The Morgan fingerprint density at radius 2 is 1.86 bits per heavy atom. The molecule has 0 heterocycles. The Bertz CT molecular complexity index is 601. The standard InChI is InChI=1S/C17H19Br2NO/c1-3-10-20-17(13-9-8-12(18)11-15(13)19)14-6-4-5-7-16(14)21-2/h4-9,11,17,20H,3,10H2,1-2H3. The number of benzene rings is 2. The molecule has 0 aliphatic carbocycles. The lowest BCUT2D eigenvalue weighted by Gasteiger charge is -2.23. The van der Waals surface area contributed by atoms with E-state index in [1.54, 1.807) is 7.11 Å². The van der Waals surface area contributed by atoms with Crippen LogP contribution in [0.4, 0.5) is 0 Å². The second kappa shape index (κ2) is 7.97. The van der Waals surface area contributed by atoms with Crippen molar-refractivity contribution in [1.82, 2.24) is 5.32 Å². The largest absolute Gasteiger partial charge is 0.496 e. The molecule has 2 nitrogen and oxygen atoms in total. The molecule has 2 rings (SSSR count). The first-order chi connectivity index (χ1) is 10.2. The van der Waals surface area contributed by atoms with Gasteiger partial charge in [-0.05, 0) is 36.7 Å². The molecule has 0 bridgehead atoms. The van der Waals surface area contributed by atoms with Crippen LogP contribution in [0, 0.1) is 0 Å².